The highest BCUT2D eigenvalue weighted by molar-refractivity contribution is 5.36. The molecule has 2 saturated heterocycles. The van der Waals surface area contributed by atoms with Crippen LogP contribution in [0.3, 0.4) is 0 Å². The summed E-state index contributed by atoms with van der Waals surface area (Å²) in [6.07, 6.45) is 3.85. The third-order valence-corrected chi connectivity index (χ3v) is 7.37. The Hall–Kier alpha value is -1.96. The number of nitrogens with zero attached hydrogens (tertiary/aromatic N) is 5. The van der Waals surface area contributed by atoms with E-state index in [0.717, 1.165) is 83.5 Å². The van der Waals surface area contributed by atoms with E-state index >= 15 is 0 Å². The lowest BCUT2D eigenvalue weighted by Crippen LogP contribution is -2.55. The van der Waals surface area contributed by atoms with Crippen molar-refractivity contribution in [2.24, 2.45) is 0 Å². The van der Waals surface area contributed by atoms with E-state index in [4.69, 9.17) is 19.7 Å². The van der Waals surface area contributed by atoms with Crippen molar-refractivity contribution < 1.29 is 9.47 Å². The molecule has 176 valence electrons. The average molecular weight is 442 g/mol. The minimum Gasteiger partial charge on any atom is -0.381 e. The second-order valence-corrected chi connectivity index (χ2v) is 9.47. The van der Waals surface area contributed by atoms with Crippen molar-refractivity contribution in [2.75, 3.05) is 51.4 Å². The molecule has 0 amide bonds. The van der Waals surface area contributed by atoms with Crippen LogP contribution in [-0.2, 0) is 22.4 Å². The van der Waals surface area contributed by atoms with Crippen LogP contribution in [0.1, 0.15) is 50.1 Å². The molecule has 0 bridgehead atoms. The van der Waals surface area contributed by atoms with E-state index in [9.17, 15) is 0 Å². The maximum absolute atomic E-state index is 6.27. The number of hydrogen-bond acceptors (Lipinski definition) is 6. The van der Waals surface area contributed by atoms with E-state index in [0.29, 0.717) is 6.04 Å². The first-order valence-corrected chi connectivity index (χ1v) is 12.1. The number of anilines is 1. The summed E-state index contributed by atoms with van der Waals surface area (Å²) in [5, 5.41) is 9.41. The highest BCUT2D eigenvalue weighted by atomic mass is 16.5. The van der Waals surface area contributed by atoms with Crippen LogP contribution in [0.2, 0.25) is 0 Å². The molecule has 0 radical (unpaired) electrons. The summed E-state index contributed by atoms with van der Waals surface area (Å²) in [6.45, 7) is 12.6. The van der Waals surface area contributed by atoms with E-state index < -0.39 is 0 Å². The fourth-order valence-electron chi connectivity index (χ4n) is 4.75. The summed E-state index contributed by atoms with van der Waals surface area (Å²) in [4.78, 5) is 4.83. The number of hydrogen-bond donors (Lipinski definition) is 0. The zero-order valence-corrected chi connectivity index (χ0v) is 20.2. The lowest BCUT2D eigenvalue weighted by molar-refractivity contribution is -0.116. The van der Waals surface area contributed by atoms with Gasteiger partial charge in [0.2, 0.25) is 5.95 Å². The number of likely N-dealkylation sites (N-methyl/N-ethyl adjacent to an activating group) is 1. The number of morpholine rings is 1. The molecule has 2 aliphatic heterocycles. The number of aromatic nitrogens is 3. The Balaban J connectivity index is 1.59. The Morgan fingerprint density at radius 2 is 1.94 bits per heavy atom. The first-order chi connectivity index (χ1) is 15.5. The molecule has 0 aliphatic carbocycles. The summed E-state index contributed by atoms with van der Waals surface area (Å²) in [7, 11) is 2.21. The maximum atomic E-state index is 6.27. The SMILES string of the molecule is CCC(C)N(C)CCn1c(Cc2ccccc2C)nnc1N1CCOC2(CCOCC2)C1. The molecule has 1 atom stereocenters. The fraction of sp³-hybridized carbons (Fsp3) is 0.680. The molecule has 1 aromatic heterocycles. The summed E-state index contributed by atoms with van der Waals surface area (Å²) >= 11 is 0. The minimum atomic E-state index is -0.114. The maximum Gasteiger partial charge on any atom is 0.227 e. The van der Waals surface area contributed by atoms with Crippen LogP contribution >= 0.6 is 0 Å². The van der Waals surface area contributed by atoms with Gasteiger partial charge in [0.1, 0.15) is 5.82 Å². The van der Waals surface area contributed by atoms with E-state index in [1.54, 1.807) is 0 Å². The third-order valence-electron chi connectivity index (χ3n) is 7.37. The number of rotatable bonds is 8. The smallest absolute Gasteiger partial charge is 0.227 e. The van der Waals surface area contributed by atoms with Gasteiger partial charge in [-0.1, -0.05) is 31.2 Å². The van der Waals surface area contributed by atoms with Crippen LogP contribution in [0.15, 0.2) is 24.3 Å². The number of benzene rings is 1. The molecular formula is C25H39N5O2. The molecule has 1 aromatic carbocycles. The Kier molecular flexibility index (Phi) is 7.48. The van der Waals surface area contributed by atoms with Crippen molar-refractivity contribution in [3.05, 3.63) is 41.2 Å². The normalized spacial score (nSPS) is 19.6. The van der Waals surface area contributed by atoms with Crippen LogP contribution in [0.5, 0.6) is 0 Å². The molecule has 2 aromatic rings. The van der Waals surface area contributed by atoms with Crippen molar-refractivity contribution in [1.29, 1.82) is 0 Å². The first-order valence-electron chi connectivity index (χ1n) is 12.1. The largest absolute Gasteiger partial charge is 0.381 e. The third kappa shape index (κ3) is 5.16. The van der Waals surface area contributed by atoms with Crippen LogP contribution in [-0.4, -0.2) is 77.8 Å². The first kappa shape index (κ1) is 23.2. The average Bonchev–Trinajstić information content (AvgIpc) is 3.21. The van der Waals surface area contributed by atoms with Crippen molar-refractivity contribution in [1.82, 2.24) is 19.7 Å². The van der Waals surface area contributed by atoms with E-state index in [-0.39, 0.29) is 5.60 Å². The molecule has 2 fully saturated rings. The van der Waals surface area contributed by atoms with Gasteiger partial charge in [-0.15, -0.1) is 10.2 Å². The number of ether oxygens (including phenoxy) is 2. The lowest BCUT2D eigenvalue weighted by atomic mass is 9.92. The van der Waals surface area contributed by atoms with Gasteiger partial charge in [0, 0.05) is 58.2 Å². The van der Waals surface area contributed by atoms with Gasteiger partial charge < -0.3 is 19.3 Å². The van der Waals surface area contributed by atoms with Crippen LogP contribution in [0.4, 0.5) is 5.95 Å². The zero-order valence-electron chi connectivity index (χ0n) is 20.2. The van der Waals surface area contributed by atoms with Gasteiger partial charge in [-0.25, -0.2) is 0 Å². The molecule has 1 spiro atoms. The highest BCUT2D eigenvalue weighted by Crippen LogP contribution is 2.31. The van der Waals surface area contributed by atoms with Crippen molar-refractivity contribution >= 4 is 5.95 Å². The summed E-state index contributed by atoms with van der Waals surface area (Å²) in [6, 6.07) is 9.13. The van der Waals surface area contributed by atoms with E-state index in [1.165, 1.54) is 11.1 Å². The molecule has 0 N–H and O–H groups in total. The molecule has 3 heterocycles. The quantitative estimate of drug-likeness (QED) is 0.627. The van der Waals surface area contributed by atoms with E-state index in [2.05, 4.69) is 66.5 Å². The van der Waals surface area contributed by atoms with Gasteiger partial charge in [-0.2, -0.15) is 0 Å². The fourth-order valence-corrected chi connectivity index (χ4v) is 4.75. The lowest BCUT2D eigenvalue weighted by Gasteiger charge is -2.45. The van der Waals surface area contributed by atoms with Crippen molar-refractivity contribution in [3.63, 3.8) is 0 Å². The predicted octanol–water partition coefficient (Wildman–Crippen LogP) is 3.29. The van der Waals surface area contributed by atoms with Crippen LogP contribution in [0, 0.1) is 6.92 Å². The topological polar surface area (TPSA) is 55.7 Å². The Morgan fingerprint density at radius 1 is 1.16 bits per heavy atom. The molecule has 0 saturated carbocycles. The molecule has 7 nitrogen and oxygen atoms in total. The Morgan fingerprint density at radius 3 is 2.69 bits per heavy atom. The molecular weight excluding hydrogens is 402 g/mol. The van der Waals surface area contributed by atoms with Gasteiger partial charge >= 0.3 is 0 Å². The highest BCUT2D eigenvalue weighted by Gasteiger charge is 2.39. The van der Waals surface area contributed by atoms with Gasteiger partial charge in [0.05, 0.1) is 18.8 Å². The zero-order chi connectivity index (χ0) is 22.6. The summed E-state index contributed by atoms with van der Waals surface area (Å²) in [5.41, 5.74) is 2.50. The second kappa shape index (κ2) is 10.3. The Labute approximate surface area is 192 Å². The van der Waals surface area contributed by atoms with Gasteiger partial charge in [-0.05, 0) is 38.4 Å². The van der Waals surface area contributed by atoms with Gasteiger partial charge in [-0.3, -0.25) is 4.57 Å². The standard InChI is InChI=1S/C25H39N5O2/c1-5-21(3)28(4)12-13-30-23(18-22-9-7-6-8-20(22)2)26-27-24(30)29-14-17-32-25(19-29)10-15-31-16-11-25/h6-9,21H,5,10-19H2,1-4H3. The second-order valence-electron chi connectivity index (χ2n) is 9.47. The Bertz CT molecular complexity index is 871. The van der Waals surface area contributed by atoms with Crippen LogP contribution < -0.4 is 4.90 Å². The minimum absolute atomic E-state index is 0.114. The molecule has 4 rings (SSSR count). The number of aryl methyl sites for hydroxylation is 1. The van der Waals surface area contributed by atoms with E-state index in [1.807, 2.05) is 0 Å². The van der Waals surface area contributed by atoms with Crippen molar-refractivity contribution in [3.8, 4) is 0 Å². The molecule has 32 heavy (non-hydrogen) atoms. The molecule has 7 heteroatoms. The summed E-state index contributed by atoms with van der Waals surface area (Å²) in [5.74, 6) is 2.03. The monoisotopic (exact) mass is 441 g/mol. The van der Waals surface area contributed by atoms with Gasteiger partial charge in [0.25, 0.3) is 0 Å². The van der Waals surface area contributed by atoms with Crippen LogP contribution in [0.25, 0.3) is 0 Å². The molecule has 1 unspecified atom stereocenters. The van der Waals surface area contributed by atoms with Gasteiger partial charge in [0.15, 0.2) is 0 Å². The molecule has 2 aliphatic rings. The summed E-state index contributed by atoms with van der Waals surface area (Å²) < 4.78 is 14.2. The van der Waals surface area contributed by atoms with Crippen molar-refractivity contribution in [2.45, 2.75) is 64.6 Å². The predicted molar refractivity (Wildman–Crippen MR) is 127 cm³/mol.